The van der Waals surface area contributed by atoms with Crippen LogP contribution in [0.3, 0.4) is 0 Å². The molecule has 2 unspecified atom stereocenters. The number of nitrogens with two attached hydrogens (primary N) is 1. The van der Waals surface area contributed by atoms with Crippen LogP contribution in [0.2, 0.25) is 0 Å². The molecule has 0 saturated carbocycles. The number of fused-ring (bicyclic) bond motifs is 2. The maximum atomic E-state index is 12.4. The van der Waals surface area contributed by atoms with Crippen molar-refractivity contribution in [2.24, 2.45) is 0 Å². The van der Waals surface area contributed by atoms with Crippen LogP contribution in [0.5, 0.6) is 0 Å². The van der Waals surface area contributed by atoms with Crippen molar-refractivity contribution in [3.8, 4) is 0 Å². The summed E-state index contributed by atoms with van der Waals surface area (Å²) >= 11 is 0. The molecule has 2 atom stereocenters. The van der Waals surface area contributed by atoms with E-state index in [-0.39, 0.29) is 35.2 Å². The predicted molar refractivity (Wildman–Crippen MR) is 69.1 cm³/mol. The number of nitrogen functional groups attached to an aromatic ring is 1. The number of nitrogens with zero attached hydrogens (tertiary/aromatic N) is 3. The molecule has 2 N–H and O–H groups in total. The van der Waals surface area contributed by atoms with Gasteiger partial charge in [-0.05, 0) is 12.8 Å². The van der Waals surface area contributed by atoms with Gasteiger partial charge in [-0.1, -0.05) is 0 Å². The van der Waals surface area contributed by atoms with Crippen molar-refractivity contribution in [3.63, 3.8) is 0 Å². The summed E-state index contributed by atoms with van der Waals surface area (Å²) in [5.41, 5.74) is 5.52. The Hall–Kier alpha value is -2.22. The maximum absolute atomic E-state index is 12.4. The van der Waals surface area contributed by atoms with Crippen molar-refractivity contribution in [2.45, 2.75) is 25.0 Å². The number of likely N-dealkylation sites (tertiary alicyclic amines) is 1. The summed E-state index contributed by atoms with van der Waals surface area (Å²) in [7, 11) is 0. The van der Waals surface area contributed by atoms with E-state index in [4.69, 9.17) is 10.5 Å². The molecule has 8 nitrogen and oxygen atoms in total. The predicted octanol–water partition coefficient (Wildman–Crippen LogP) is 0.575. The van der Waals surface area contributed by atoms with Crippen LogP contribution < -0.4 is 5.73 Å². The average molecular weight is 278 g/mol. The molecule has 0 radical (unpaired) electrons. The second-order valence-corrected chi connectivity index (χ2v) is 5.05. The summed E-state index contributed by atoms with van der Waals surface area (Å²) < 4.78 is 5.66. The number of carbonyl (C=O) groups excluding carboxylic acids is 1. The van der Waals surface area contributed by atoms with Crippen molar-refractivity contribution in [3.05, 3.63) is 27.9 Å². The molecule has 3 rings (SSSR count). The lowest BCUT2D eigenvalue weighted by Gasteiger charge is -2.32. The Morgan fingerprint density at radius 2 is 2.10 bits per heavy atom. The number of hydrogen-bond donors (Lipinski definition) is 1. The maximum Gasteiger partial charge on any atom is 0.288 e. The highest BCUT2D eigenvalue weighted by Crippen LogP contribution is 2.28. The van der Waals surface area contributed by atoms with Crippen molar-refractivity contribution >= 4 is 17.4 Å². The summed E-state index contributed by atoms with van der Waals surface area (Å²) in [6.07, 6.45) is 3.06. The second-order valence-electron chi connectivity index (χ2n) is 5.05. The van der Waals surface area contributed by atoms with Gasteiger partial charge in [0.05, 0.1) is 22.7 Å². The third-order valence-corrected chi connectivity index (χ3v) is 3.68. The second kappa shape index (κ2) is 4.71. The molecule has 2 aliphatic rings. The van der Waals surface area contributed by atoms with Crippen molar-refractivity contribution < 1.29 is 14.5 Å². The van der Waals surface area contributed by atoms with E-state index in [1.165, 1.54) is 6.07 Å². The molecule has 106 valence electrons. The smallest absolute Gasteiger partial charge is 0.288 e. The Kier molecular flexibility index (Phi) is 3.01. The van der Waals surface area contributed by atoms with E-state index in [2.05, 4.69) is 4.98 Å². The van der Waals surface area contributed by atoms with Crippen molar-refractivity contribution in [1.82, 2.24) is 9.88 Å². The molecule has 0 aromatic carbocycles. The van der Waals surface area contributed by atoms with Crippen molar-refractivity contribution in [1.29, 1.82) is 0 Å². The lowest BCUT2D eigenvalue weighted by atomic mass is 10.2. The number of pyridine rings is 1. The molecule has 3 heterocycles. The molecule has 1 aromatic heterocycles. The number of anilines is 1. The van der Waals surface area contributed by atoms with Crippen LogP contribution in [0, 0.1) is 10.1 Å². The summed E-state index contributed by atoms with van der Waals surface area (Å²) in [6.45, 7) is 0.995. The summed E-state index contributed by atoms with van der Waals surface area (Å²) in [5.74, 6) is -0.307. The van der Waals surface area contributed by atoms with E-state index in [0.29, 0.717) is 13.1 Å². The summed E-state index contributed by atoms with van der Waals surface area (Å²) in [4.78, 5) is 28.0. The topological polar surface area (TPSA) is 112 Å². The van der Waals surface area contributed by atoms with Gasteiger partial charge < -0.3 is 15.4 Å². The highest BCUT2D eigenvalue weighted by Gasteiger charge is 2.36. The van der Waals surface area contributed by atoms with Gasteiger partial charge in [-0.25, -0.2) is 4.98 Å². The fourth-order valence-corrected chi connectivity index (χ4v) is 2.69. The minimum atomic E-state index is -0.591. The highest BCUT2D eigenvalue weighted by atomic mass is 16.6. The molecule has 0 aliphatic carbocycles. The molecular weight excluding hydrogens is 264 g/mol. The SMILES string of the molecule is Nc1ncc([N+](=O)[O-])cc1C(=O)N1CC2CCC(C1)O2. The molecule has 20 heavy (non-hydrogen) atoms. The summed E-state index contributed by atoms with van der Waals surface area (Å²) in [5, 5.41) is 10.8. The van der Waals surface area contributed by atoms with Gasteiger partial charge in [0.15, 0.2) is 0 Å². The van der Waals surface area contributed by atoms with E-state index in [0.717, 1.165) is 19.0 Å². The molecule has 0 spiro atoms. The first-order chi connectivity index (χ1) is 9.54. The lowest BCUT2D eigenvalue weighted by Crippen LogP contribution is -2.46. The monoisotopic (exact) mass is 278 g/mol. The van der Waals surface area contributed by atoms with Gasteiger partial charge in [0.25, 0.3) is 11.6 Å². The molecule has 2 fully saturated rings. The van der Waals surface area contributed by atoms with Crippen LogP contribution in [-0.2, 0) is 4.74 Å². The van der Waals surface area contributed by atoms with E-state index >= 15 is 0 Å². The van der Waals surface area contributed by atoms with Gasteiger partial charge >= 0.3 is 0 Å². The lowest BCUT2D eigenvalue weighted by molar-refractivity contribution is -0.385. The number of amides is 1. The molecule has 2 aliphatic heterocycles. The molecular formula is C12H14N4O4. The minimum absolute atomic E-state index is 0.0134. The number of ether oxygens (including phenoxy) is 1. The first-order valence-electron chi connectivity index (χ1n) is 6.39. The number of hydrogen-bond acceptors (Lipinski definition) is 6. The fraction of sp³-hybridized carbons (Fsp3) is 0.500. The van der Waals surface area contributed by atoms with Crippen LogP contribution in [-0.4, -0.2) is 46.0 Å². The van der Waals surface area contributed by atoms with E-state index in [9.17, 15) is 14.9 Å². The first-order valence-corrected chi connectivity index (χ1v) is 6.39. The van der Waals surface area contributed by atoms with Crippen LogP contribution >= 0.6 is 0 Å². The van der Waals surface area contributed by atoms with Gasteiger partial charge in [-0.2, -0.15) is 0 Å². The third-order valence-electron chi connectivity index (χ3n) is 3.68. The molecule has 8 heteroatoms. The Balaban J connectivity index is 1.86. The van der Waals surface area contributed by atoms with Crippen LogP contribution in [0.4, 0.5) is 11.5 Å². The number of aromatic nitrogens is 1. The van der Waals surface area contributed by atoms with E-state index in [1.54, 1.807) is 4.90 Å². The zero-order valence-electron chi connectivity index (χ0n) is 10.7. The Morgan fingerprint density at radius 3 is 2.70 bits per heavy atom. The average Bonchev–Trinajstić information content (AvgIpc) is 2.77. The number of morpholine rings is 1. The standard InChI is InChI=1S/C12H14N4O4/c13-11-10(3-7(4-14-11)16(18)19)12(17)15-5-8-1-2-9(6-15)20-8/h3-4,8-9H,1-2,5-6H2,(H2,13,14). The molecule has 1 amide bonds. The largest absolute Gasteiger partial charge is 0.383 e. The normalized spacial score (nSPS) is 24.7. The number of carbonyl (C=O) groups is 1. The van der Waals surface area contributed by atoms with Gasteiger partial charge in [-0.15, -0.1) is 0 Å². The van der Waals surface area contributed by atoms with Gasteiger partial charge in [0.1, 0.15) is 12.0 Å². The van der Waals surface area contributed by atoms with Crippen molar-refractivity contribution in [2.75, 3.05) is 18.8 Å². The Labute approximate surface area is 114 Å². The molecule has 2 saturated heterocycles. The fourth-order valence-electron chi connectivity index (χ4n) is 2.69. The molecule has 2 bridgehead atoms. The Morgan fingerprint density at radius 1 is 1.45 bits per heavy atom. The van der Waals surface area contributed by atoms with Gasteiger partial charge in [0.2, 0.25) is 0 Å². The van der Waals surface area contributed by atoms with Gasteiger partial charge in [0, 0.05) is 19.2 Å². The zero-order chi connectivity index (χ0) is 14.3. The zero-order valence-corrected chi connectivity index (χ0v) is 10.7. The van der Waals surface area contributed by atoms with Crippen LogP contribution in [0.25, 0.3) is 0 Å². The minimum Gasteiger partial charge on any atom is -0.383 e. The van der Waals surface area contributed by atoms with Crippen LogP contribution in [0.1, 0.15) is 23.2 Å². The highest BCUT2D eigenvalue weighted by molar-refractivity contribution is 5.99. The number of nitro groups is 1. The van der Waals surface area contributed by atoms with Gasteiger partial charge in [-0.3, -0.25) is 14.9 Å². The van der Waals surface area contributed by atoms with E-state index in [1.807, 2.05) is 0 Å². The van der Waals surface area contributed by atoms with E-state index < -0.39 is 4.92 Å². The number of rotatable bonds is 2. The molecule has 1 aromatic rings. The third kappa shape index (κ3) is 2.18. The van der Waals surface area contributed by atoms with Crippen LogP contribution in [0.15, 0.2) is 12.3 Å². The first kappa shape index (κ1) is 12.8. The Bertz CT molecular complexity index is 565. The summed E-state index contributed by atoms with van der Waals surface area (Å²) in [6, 6.07) is 1.18. The quantitative estimate of drug-likeness (QED) is 0.625.